The molecule has 0 spiro atoms. The Morgan fingerprint density at radius 2 is 1.00 bits per heavy atom. The molecule has 2 heterocycles. The summed E-state index contributed by atoms with van der Waals surface area (Å²) < 4.78 is 0. The molecule has 2 aromatic heterocycles. The van der Waals surface area contributed by atoms with Gasteiger partial charge < -0.3 is 42.7 Å². The molecule has 2 aromatic carbocycles. The number of nitrogens with zero attached hydrogens (tertiary/aromatic N) is 4. The zero-order valence-corrected chi connectivity index (χ0v) is 30.9. The van der Waals surface area contributed by atoms with E-state index in [1.54, 1.807) is 48.8 Å². The van der Waals surface area contributed by atoms with E-state index < -0.39 is 18.2 Å². The first-order valence-corrected chi connectivity index (χ1v) is 15.6. The van der Waals surface area contributed by atoms with E-state index >= 15 is 0 Å². The van der Waals surface area contributed by atoms with E-state index in [1.165, 1.54) is 0 Å². The molecule has 0 fully saturated rings. The molecule has 0 saturated carbocycles. The van der Waals surface area contributed by atoms with Gasteiger partial charge in [-0.05, 0) is 42.3 Å². The zero-order chi connectivity index (χ0) is 33.7. The normalized spacial score (nSPS) is 11.2. The van der Waals surface area contributed by atoms with Crippen molar-refractivity contribution in [1.82, 2.24) is 19.8 Å². The number of aliphatic hydroxyl groups is 2. The number of halogens is 3. The van der Waals surface area contributed by atoms with Crippen molar-refractivity contribution in [3.05, 3.63) is 120 Å². The van der Waals surface area contributed by atoms with Crippen LogP contribution in [0.5, 0.6) is 11.5 Å². The SMILES string of the molecule is CC(=O)[O-].[Cl-].[Ni+3].[Ni+3].[O-]c1ccccc1CN(Cc1ccccn1)C[C@H](O)CCl.[O-]c1ccccc1CN(Cc1ccccn1)C[C@H](O)CCl. The second-order valence-corrected chi connectivity index (χ2v) is 10.9. The van der Waals surface area contributed by atoms with Gasteiger partial charge in [0.1, 0.15) is 0 Å². The van der Waals surface area contributed by atoms with Gasteiger partial charge in [0.15, 0.2) is 0 Å². The van der Waals surface area contributed by atoms with Gasteiger partial charge in [0.25, 0.3) is 0 Å². The quantitative estimate of drug-likeness (QED) is 0.123. The van der Waals surface area contributed by atoms with Crippen LogP contribution in [0.4, 0.5) is 0 Å². The number of rotatable bonds is 14. The van der Waals surface area contributed by atoms with Crippen molar-refractivity contribution in [3.8, 4) is 11.5 Å². The van der Waals surface area contributed by atoms with Gasteiger partial charge in [-0.1, -0.05) is 60.7 Å². The predicted octanol–water partition coefficient (Wildman–Crippen LogP) is -0.731. The number of aliphatic carboxylic acids is 1. The molecular formula is C34H39Cl3N4Ni2O6+2. The second-order valence-electron chi connectivity index (χ2n) is 10.3. The third-order valence-corrected chi connectivity index (χ3v) is 6.96. The molecule has 10 nitrogen and oxygen atoms in total. The van der Waals surface area contributed by atoms with Crippen molar-refractivity contribution in [3.63, 3.8) is 0 Å². The van der Waals surface area contributed by atoms with Crippen LogP contribution in [-0.4, -0.2) is 73.0 Å². The molecule has 49 heavy (non-hydrogen) atoms. The van der Waals surface area contributed by atoms with Crippen LogP contribution in [0, 0.1) is 0 Å². The number of hydrogen-bond donors (Lipinski definition) is 2. The monoisotopic (exact) mass is 820 g/mol. The molecule has 2 atom stereocenters. The third-order valence-electron chi connectivity index (χ3n) is 6.25. The van der Waals surface area contributed by atoms with Crippen molar-refractivity contribution < 1.29 is 75.7 Å². The number of carbonyl (C=O) groups excluding carboxylic acids is 1. The summed E-state index contributed by atoms with van der Waals surface area (Å²) in [7, 11) is 0. The number of benzene rings is 2. The summed E-state index contributed by atoms with van der Waals surface area (Å²) in [6.45, 7) is 3.81. The molecule has 2 N–H and O–H groups in total. The zero-order valence-electron chi connectivity index (χ0n) is 26.6. The Morgan fingerprint density at radius 1 is 0.673 bits per heavy atom. The van der Waals surface area contributed by atoms with Crippen molar-refractivity contribution >= 4 is 29.2 Å². The van der Waals surface area contributed by atoms with E-state index in [-0.39, 0.29) is 68.6 Å². The average Bonchev–Trinajstić information content (AvgIpc) is 3.04. The summed E-state index contributed by atoms with van der Waals surface area (Å²) in [6, 6.07) is 25.2. The Labute approximate surface area is 324 Å². The molecule has 4 aromatic rings. The van der Waals surface area contributed by atoms with Crippen LogP contribution in [-0.2, 0) is 64.0 Å². The Hall–Kier alpha value is -2.49. The largest absolute Gasteiger partial charge is 3.00 e. The minimum Gasteiger partial charge on any atom is -1.00 e. The maximum absolute atomic E-state index is 11.8. The van der Waals surface area contributed by atoms with Gasteiger partial charge in [-0.3, -0.25) is 19.8 Å². The Bertz CT molecular complexity index is 1320. The first-order valence-electron chi connectivity index (χ1n) is 14.5. The topological polar surface area (TPSA) is 159 Å². The minimum atomic E-state index is -1.08. The molecule has 15 heteroatoms. The molecule has 0 aliphatic heterocycles. The predicted molar refractivity (Wildman–Crippen MR) is 173 cm³/mol. The van der Waals surface area contributed by atoms with Gasteiger partial charge in [0, 0.05) is 69.4 Å². The van der Waals surface area contributed by atoms with Crippen LogP contribution in [0.2, 0.25) is 0 Å². The smallest absolute Gasteiger partial charge is 1.00 e. The fraction of sp³-hybridized carbons (Fsp3) is 0.324. The fourth-order valence-corrected chi connectivity index (χ4v) is 4.45. The van der Waals surface area contributed by atoms with Gasteiger partial charge in [0.05, 0.1) is 23.6 Å². The minimum absolute atomic E-state index is 0. The van der Waals surface area contributed by atoms with E-state index in [0.29, 0.717) is 50.4 Å². The van der Waals surface area contributed by atoms with E-state index in [0.717, 1.165) is 18.3 Å². The van der Waals surface area contributed by atoms with Crippen molar-refractivity contribution in [2.24, 2.45) is 0 Å². The number of carboxylic acid groups (broad SMARTS) is 1. The fourth-order valence-electron chi connectivity index (χ4n) is 4.26. The summed E-state index contributed by atoms with van der Waals surface area (Å²) in [6.07, 6.45) is 2.20. The maximum Gasteiger partial charge on any atom is 3.00 e. The molecule has 2 radical (unpaired) electrons. The molecule has 0 unspecified atom stereocenters. The Morgan fingerprint density at radius 3 is 1.29 bits per heavy atom. The molecule has 0 amide bonds. The summed E-state index contributed by atoms with van der Waals surface area (Å²) in [4.78, 5) is 21.4. The number of hydrogen-bond acceptors (Lipinski definition) is 10. The Kier molecular flexibility index (Phi) is 28.0. The number of carboxylic acids is 1. The van der Waals surface area contributed by atoms with Crippen LogP contribution in [0.3, 0.4) is 0 Å². The first kappa shape index (κ1) is 48.6. The van der Waals surface area contributed by atoms with Crippen molar-refractivity contribution in [1.29, 1.82) is 0 Å². The maximum atomic E-state index is 11.8. The van der Waals surface area contributed by atoms with Gasteiger partial charge in [-0.25, -0.2) is 0 Å². The molecule has 0 aliphatic carbocycles. The molecular weight excluding hydrogens is 784 g/mol. The third kappa shape index (κ3) is 21.4. The Balaban J connectivity index is 0. The van der Waals surface area contributed by atoms with Crippen molar-refractivity contribution in [2.45, 2.75) is 45.3 Å². The number of aliphatic hydroxyl groups excluding tert-OH is 2. The van der Waals surface area contributed by atoms with E-state index in [9.17, 15) is 20.4 Å². The molecule has 0 saturated heterocycles. The van der Waals surface area contributed by atoms with Crippen LogP contribution in [0.15, 0.2) is 97.3 Å². The van der Waals surface area contributed by atoms with Crippen LogP contribution in [0.25, 0.3) is 0 Å². The number of alkyl halides is 2. The van der Waals surface area contributed by atoms with Crippen molar-refractivity contribution in [2.75, 3.05) is 24.8 Å². The average molecular weight is 823 g/mol. The van der Waals surface area contributed by atoms with E-state index in [1.807, 2.05) is 58.3 Å². The molecule has 4 rings (SSSR count). The van der Waals surface area contributed by atoms with Gasteiger partial charge >= 0.3 is 33.0 Å². The van der Waals surface area contributed by atoms with Crippen LogP contribution >= 0.6 is 23.2 Å². The number of pyridine rings is 2. The van der Waals surface area contributed by atoms with Gasteiger partial charge in [0.2, 0.25) is 0 Å². The summed E-state index contributed by atoms with van der Waals surface area (Å²) >= 11 is 11.4. The standard InChI is InChI=1S/2C16H19ClN2O2.C2H4O2.ClH.2Ni/c2*17-9-15(20)12-19(11-14-6-3-4-8-18-14)10-13-5-1-2-7-16(13)21;1-2(3)4;;;/h2*1-8,15,20-21H,9-12H2;1H3,(H,3,4);1H;;/q;;;;2*+3/p-4/t2*15-;;;;/m11..../s1. The number of para-hydroxylation sites is 2. The number of aromatic nitrogens is 2. The molecule has 0 aliphatic rings. The van der Waals surface area contributed by atoms with Crippen LogP contribution < -0.4 is 27.7 Å². The van der Waals surface area contributed by atoms with Gasteiger partial charge in [-0.2, -0.15) is 0 Å². The van der Waals surface area contributed by atoms with Crippen LogP contribution in [0.1, 0.15) is 29.4 Å². The summed E-state index contributed by atoms with van der Waals surface area (Å²) in [5.41, 5.74) is 3.19. The number of carbonyl (C=O) groups is 1. The van der Waals surface area contributed by atoms with E-state index in [4.69, 9.17) is 33.1 Å². The summed E-state index contributed by atoms with van der Waals surface area (Å²) in [5.74, 6) is -0.747. The second kappa shape index (κ2) is 28.2. The van der Waals surface area contributed by atoms with Gasteiger partial charge in [-0.15, -0.1) is 34.7 Å². The molecule has 270 valence electrons. The molecule has 0 bridgehead atoms. The summed E-state index contributed by atoms with van der Waals surface area (Å²) in [5, 5.41) is 52.1. The van der Waals surface area contributed by atoms with E-state index in [2.05, 4.69) is 9.97 Å². The first-order chi connectivity index (χ1) is 22.1.